The van der Waals surface area contributed by atoms with Crippen molar-refractivity contribution in [3.63, 3.8) is 0 Å². The molecule has 0 spiro atoms. The summed E-state index contributed by atoms with van der Waals surface area (Å²) in [5.41, 5.74) is 1.36. The molecule has 0 saturated carbocycles. The summed E-state index contributed by atoms with van der Waals surface area (Å²) in [6.07, 6.45) is 0.712. The highest BCUT2D eigenvalue weighted by molar-refractivity contribution is 6.39. The molecule has 6 nitrogen and oxygen atoms in total. The Labute approximate surface area is 130 Å². The van der Waals surface area contributed by atoms with Crippen LogP contribution in [0, 0.1) is 0 Å². The maximum absolute atomic E-state index is 12.4. The number of para-hydroxylation sites is 1. The molecule has 0 N–H and O–H groups in total. The second-order valence-corrected chi connectivity index (χ2v) is 5.17. The second-order valence-electron chi connectivity index (χ2n) is 5.17. The van der Waals surface area contributed by atoms with Crippen molar-refractivity contribution >= 4 is 17.5 Å². The molecule has 0 radical (unpaired) electrons. The Morgan fingerprint density at radius 1 is 1.36 bits per heavy atom. The Morgan fingerprint density at radius 2 is 2.09 bits per heavy atom. The Bertz CT molecular complexity index is 598. The maximum Gasteiger partial charge on any atom is 0.270 e. The van der Waals surface area contributed by atoms with Crippen molar-refractivity contribution in [1.82, 2.24) is 9.91 Å². The standard InChI is InChI=1S/C16H21N3O3/c1-4-22-14-8-6-5-7-12(14)11-18(2)16(21)13-9-10-15(20)19(3)17-13/h5-8H,4,9-11H2,1-3H3. The average molecular weight is 303 g/mol. The van der Waals surface area contributed by atoms with Gasteiger partial charge in [-0.1, -0.05) is 18.2 Å². The largest absolute Gasteiger partial charge is 0.494 e. The molecule has 0 fully saturated rings. The molecule has 0 saturated heterocycles. The number of carbonyl (C=O) groups is 2. The van der Waals surface area contributed by atoms with Gasteiger partial charge in [-0.3, -0.25) is 9.59 Å². The highest BCUT2D eigenvalue weighted by Gasteiger charge is 2.24. The monoisotopic (exact) mass is 303 g/mol. The zero-order valence-electron chi connectivity index (χ0n) is 13.2. The van der Waals surface area contributed by atoms with Crippen LogP contribution in [0.1, 0.15) is 25.3 Å². The van der Waals surface area contributed by atoms with Gasteiger partial charge in [-0.25, -0.2) is 5.01 Å². The predicted molar refractivity (Wildman–Crippen MR) is 83.5 cm³/mol. The molecule has 22 heavy (non-hydrogen) atoms. The first kappa shape index (κ1) is 16.0. The van der Waals surface area contributed by atoms with Crippen LogP contribution in [0.5, 0.6) is 5.75 Å². The van der Waals surface area contributed by atoms with Crippen LogP contribution in [-0.2, 0) is 16.1 Å². The van der Waals surface area contributed by atoms with Crippen molar-refractivity contribution in [3.8, 4) is 5.75 Å². The lowest BCUT2D eigenvalue weighted by Crippen LogP contribution is -2.38. The van der Waals surface area contributed by atoms with Gasteiger partial charge in [0.05, 0.1) is 6.61 Å². The molecule has 6 heteroatoms. The molecule has 118 valence electrons. The van der Waals surface area contributed by atoms with E-state index < -0.39 is 0 Å². The molecule has 2 rings (SSSR count). The minimum Gasteiger partial charge on any atom is -0.494 e. The van der Waals surface area contributed by atoms with Crippen LogP contribution >= 0.6 is 0 Å². The summed E-state index contributed by atoms with van der Waals surface area (Å²) in [6, 6.07) is 7.65. The van der Waals surface area contributed by atoms with Gasteiger partial charge >= 0.3 is 0 Å². The molecule has 0 aromatic heterocycles. The lowest BCUT2D eigenvalue weighted by Gasteiger charge is -2.23. The molecule has 0 bridgehead atoms. The van der Waals surface area contributed by atoms with Crippen LogP contribution in [0.3, 0.4) is 0 Å². The Balaban J connectivity index is 2.09. The van der Waals surface area contributed by atoms with Crippen molar-refractivity contribution in [2.75, 3.05) is 20.7 Å². The Hall–Kier alpha value is -2.37. The van der Waals surface area contributed by atoms with E-state index in [1.54, 1.807) is 19.0 Å². The van der Waals surface area contributed by atoms with E-state index in [-0.39, 0.29) is 11.8 Å². The number of rotatable bonds is 5. The van der Waals surface area contributed by atoms with Crippen LogP contribution < -0.4 is 4.74 Å². The fourth-order valence-electron chi connectivity index (χ4n) is 2.30. The van der Waals surface area contributed by atoms with Gasteiger partial charge in [0.2, 0.25) is 5.91 Å². The molecule has 1 aliphatic rings. The smallest absolute Gasteiger partial charge is 0.270 e. The van der Waals surface area contributed by atoms with E-state index in [4.69, 9.17) is 4.74 Å². The molecule has 0 atom stereocenters. The number of hydrazone groups is 1. The zero-order valence-corrected chi connectivity index (χ0v) is 13.2. The van der Waals surface area contributed by atoms with Crippen LogP contribution in [-0.4, -0.2) is 48.1 Å². The summed E-state index contributed by atoms with van der Waals surface area (Å²) in [7, 11) is 3.29. The third-order valence-corrected chi connectivity index (χ3v) is 3.48. The van der Waals surface area contributed by atoms with E-state index in [2.05, 4.69) is 5.10 Å². The number of amides is 2. The molecule has 0 unspecified atom stereocenters. The third-order valence-electron chi connectivity index (χ3n) is 3.48. The Kier molecular flexibility index (Phi) is 5.14. The summed E-state index contributed by atoms with van der Waals surface area (Å²) in [5, 5.41) is 5.30. The van der Waals surface area contributed by atoms with E-state index in [0.717, 1.165) is 11.3 Å². The number of ether oxygens (including phenoxy) is 1. The summed E-state index contributed by atoms with van der Waals surface area (Å²) in [4.78, 5) is 25.5. The fraction of sp³-hybridized carbons (Fsp3) is 0.438. The summed E-state index contributed by atoms with van der Waals surface area (Å²) >= 11 is 0. The number of hydrogen-bond donors (Lipinski definition) is 0. The second kappa shape index (κ2) is 7.06. The number of nitrogens with zero attached hydrogens (tertiary/aromatic N) is 3. The van der Waals surface area contributed by atoms with E-state index in [0.29, 0.717) is 31.7 Å². The minimum atomic E-state index is -0.161. The highest BCUT2D eigenvalue weighted by atomic mass is 16.5. The van der Waals surface area contributed by atoms with E-state index >= 15 is 0 Å². The SMILES string of the molecule is CCOc1ccccc1CN(C)C(=O)C1=NN(C)C(=O)CC1. The highest BCUT2D eigenvalue weighted by Crippen LogP contribution is 2.20. The zero-order chi connectivity index (χ0) is 16.1. The van der Waals surface area contributed by atoms with Gasteiger partial charge in [0.1, 0.15) is 11.5 Å². The topological polar surface area (TPSA) is 62.2 Å². The van der Waals surface area contributed by atoms with Crippen molar-refractivity contribution in [3.05, 3.63) is 29.8 Å². The lowest BCUT2D eigenvalue weighted by molar-refractivity contribution is -0.130. The quantitative estimate of drug-likeness (QED) is 0.831. The van der Waals surface area contributed by atoms with Crippen LogP contribution in [0.2, 0.25) is 0 Å². The first-order valence-corrected chi connectivity index (χ1v) is 7.33. The van der Waals surface area contributed by atoms with Gasteiger partial charge in [0, 0.05) is 39.0 Å². The molecule has 1 aliphatic heterocycles. The first-order chi connectivity index (χ1) is 10.5. The molecular weight excluding hydrogens is 282 g/mol. The van der Waals surface area contributed by atoms with Gasteiger partial charge in [0.25, 0.3) is 5.91 Å². The van der Waals surface area contributed by atoms with Crippen LogP contribution in [0.25, 0.3) is 0 Å². The first-order valence-electron chi connectivity index (χ1n) is 7.33. The van der Waals surface area contributed by atoms with Crippen molar-refractivity contribution in [1.29, 1.82) is 0 Å². The molecular formula is C16H21N3O3. The summed E-state index contributed by atoms with van der Waals surface area (Å²) in [6.45, 7) is 2.94. The normalized spacial score (nSPS) is 14.6. The lowest BCUT2D eigenvalue weighted by atomic mass is 10.1. The van der Waals surface area contributed by atoms with Crippen LogP contribution in [0.4, 0.5) is 0 Å². The summed E-state index contributed by atoms with van der Waals surface area (Å²) in [5.74, 6) is 0.550. The number of hydrogen-bond acceptors (Lipinski definition) is 4. The van der Waals surface area contributed by atoms with Gasteiger partial charge in [0.15, 0.2) is 0 Å². The molecule has 1 aromatic rings. The van der Waals surface area contributed by atoms with Gasteiger partial charge in [-0.15, -0.1) is 0 Å². The average Bonchev–Trinajstić information content (AvgIpc) is 2.51. The van der Waals surface area contributed by atoms with E-state index in [1.165, 1.54) is 5.01 Å². The minimum absolute atomic E-state index is 0.0686. The summed E-state index contributed by atoms with van der Waals surface area (Å²) < 4.78 is 5.57. The van der Waals surface area contributed by atoms with Crippen molar-refractivity contribution < 1.29 is 14.3 Å². The van der Waals surface area contributed by atoms with Gasteiger partial charge < -0.3 is 9.64 Å². The fourth-order valence-corrected chi connectivity index (χ4v) is 2.30. The van der Waals surface area contributed by atoms with E-state index in [1.807, 2.05) is 31.2 Å². The molecule has 0 aliphatic carbocycles. The number of benzene rings is 1. The maximum atomic E-state index is 12.4. The van der Waals surface area contributed by atoms with Crippen molar-refractivity contribution in [2.45, 2.75) is 26.3 Å². The van der Waals surface area contributed by atoms with E-state index in [9.17, 15) is 9.59 Å². The van der Waals surface area contributed by atoms with Gasteiger partial charge in [-0.2, -0.15) is 5.10 Å². The Morgan fingerprint density at radius 3 is 2.77 bits per heavy atom. The molecule has 1 heterocycles. The van der Waals surface area contributed by atoms with Crippen LogP contribution in [0.15, 0.2) is 29.4 Å². The molecule has 1 aromatic carbocycles. The van der Waals surface area contributed by atoms with Gasteiger partial charge in [-0.05, 0) is 13.0 Å². The third kappa shape index (κ3) is 3.63. The molecule has 2 amide bonds. The predicted octanol–water partition coefficient (Wildman–Crippen LogP) is 1.65. The van der Waals surface area contributed by atoms with Crippen molar-refractivity contribution in [2.24, 2.45) is 5.10 Å². The number of carbonyl (C=O) groups excluding carboxylic acids is 2.